The van der Waals surface area contributed by atoms with Crippen molar-refractivity contribution in [3.8, 4) is 0 Å². The van der Waals surface area contributed by atoms with Crippen molar-refractivity contribution in [1.82, 2.24) is 0 Å². The van der Waals surface area contributed by atoms with Crippen molar-refractivity contribution in [2.75, 3.05) is 0 Å². The summed E-state index contributed by atoms with van der Waals surface area (Å²) in [5.41, 5.74) is 0. The van der Waals surface area contributed by atoms with Crippen LogP contribution in [0.3, 0.4) is 0 Å². The molecule has 4 heteroatoms. The van der Waals surface area contributed by atoms with E-state index < -0.39 is 23.3 Å². The van der Waals surface area contributed by atoms with Crippen molar-refractivity contribution < 1.29 is 19.2 Å². The average molecular weight is 222 g/mol. The molecule has 0 amide bonds. The normalized spacial score (nSPS) is 32.3. The smallest absolute Gasteiger partial charge is 0.268 e. The Balaban J connectivity index is 3.16. The quantitative estimate of drug-likeness (QED) is 0.567. The van der Waals surface area contributed by atoms with E-state index in [1.807, 2.05) is 0 Å². The summed E-state index contributed by atoms with van der Waals surface area (Å²) < 4.78 is 0. The van der Waals surface area contributed by atoms with Gasteiger partial charge >= 0.3 is 0 Å². The van der Waals surface area contributed by atoms with Crippen LogP contribution in [0.4, 0.5) is 0 Å². The predicted octanol–water partition coefficient (Wildman–Crippen LogP) is 0.741. The largest absolute Gasteiger partial charge is 0.295 e. The van der Waals surface area contributed by atoms with E-state index in [1.54, 1.807) is 20.8 Å². The predicted molar refractivity (Wildman–Crippen MR) is 56.7 cm³/mol. The number of rotatable bonds is 0. The average Bonchev–Trinajstić information content (AvgIpc) is 2.30. The molecule has 1 rings (SSSR count). The third-order valence-electron chi connectivity index (χ3n) is 3.29. The summed E-state index contributed by atoms with van der Waals surface area (Å²) in [5.74, 6) is -4.09. The molecule has 0 aromatic carbocycles. The molecule has 0 fully saturated rings. The fourth-order valence-electron chi connectivity index (χ4n) is 1.64. The van der Waals surface area contributed by atoms with Gasteiger partial charge in [0.1, 0.15) is 0 Å². The van der Waals surface area contributed by atoms with Crippen molar-refractivity contribution in [3.05, 3.63) is 12.2 Å². The third-order valence-corrected chi connectivity index (χ3v) is 3.29. The van der Waals surface area contributed by atoms with Gasteiger partial charge in [-0.15, -0.1) is 0 Å². The van der Waals surface area contributed by atoms with Gasteiger partial charge in [-0.1, -0.05) is 20.8 Å². The van der Waals surface area contributed by atoms with E-state index in [2.05, 4.69) is 0 Å². The maximum absolute atomic E-state index is 11.6. The fraction of sp³-hybridized carbons (Fsp3) is 0.500. The molecule has 0 saturated heterocycles. The number of allylic oxidation sites excluding steroid dienone is 2. The van der Waals surface area contributed by atoms with Crippen LogP contribution in [-0.4, -0.2) is 23.1 Å². The Morgan fingerprint density at radius 3 is 2.00 bits per heavy atom. The van der Waals surface area contributed by atoms with Crippen LogP contribution in [0.15, 0.2) is 12.2 Å². The summed E-state index contributed by atoms with van der Waals surface area (Å²) in [4.78, 5) is 45.8. The van der Waals surface area contributed by atoms with E-state index in [0.717, 1.165) is 12.2 Å². The molecule has 0 bridgehead atoms. The molecule has 0 spiro atoms. The second kappa shape index (κ2) is 4.51. The van der Waals surface area contributed by atoms with Crippen molar-refractivity contribution in [2.24, 2.45) is 17.8 Å². The van der Waals surface area contributed by atoms with Gasteiger partial charge in [-0.2, -0.15) is 0 Å². The molecule has 0 aromatic rings. The molecule has 16 heavy (non-hydrogen) atoms. The lowest BCUT2D eigenvalue weighted by atomic mass is 9.80. The van der Waals surface area contributed by atoms with Gasteiger partial charge in [0.25, 0.3) is 5.78 Å². The first kappa shape index (κ1) is 12.5. The molecule has 0 aromatic heterocycles. The molecule has 4 nitrogen and oxygen atoms in total. The van der Waals surface area contributed by atoms with Crippen molar-refractivity contribution >= 4 is 23.1 Å². The van der Waals surface area contributed by atoms with E-state index >= 15 is 0 Å². The highest BCUT2D eigenvalue weighted by atomic mass is 16.2. The monoisotopic (exact) mass is 222 g/mol. The van der Waals surface area contributed by atoms with Crippen molar-refractivity contribution in [2.45, 2.75) is 20.8 Å². The van der Waals surface area contributed by atoms with Crippen molar-refractivity contribution in [3.63, 3.8) is 0 Å². The molecule has 1 aliphatic carbocycles. The van der Waals surface area contributed by atoms with Crippen LogP contribution in [0.1, 0.15) is 20.8 Å². The Labute approximate surface area is 93.7 Å². The molecule has 0 saturated carbocycles. The summed E-state index contributed by atoms with van der Waals surface area (Å²) in [5, 5.41) is 0. The first-order chi connectivity index (χ1) is 7.36. The molecule has 0 radical (unpaired) electrons. The Hall–Kier alpha value is -1.58. The summed E-state index contributed by atoms with van der Waals surface area (Å²) >= 11 is 0. The number of hydrogen-bond acceptors (Lipinski definition) is 4. The number of Topliss-reactive ketones (excluding diaryl/α,β-unsaturated/α-hetero) is 2. The standard InChI is InChI=1S/C12H14O4/c1-6-7(2)9(13)4-5-10(14)12(16)11(15)8(6)3/h4-8H,1-3H3. The zero-order valence-corrected chi connectivity index (χ0v) is 9.52. The molecular formula is C12H14O4. The van der Waals surface area contributed by atoms with Crippen LogP contribution in [-0.2, 0) is 19.2 Å². The Bertz CT molecular complexity index is 392. The lowest BCUT2D eigenvalue weighted by Gasteiger charge is -2.21. The SMILES string of the molecule is CC1C(=O)C=CC(=O)C(=O)C(=O)C(C)C1C. The zero-order chi connectivity index (χ0) is 12.5. The van der Waals surface area contributed by atoms with Gasteiger partial charge in [-0.05, 0) is 18.1 Å². The molecule has 1 aliphatic rings. The van der Waals surface area contributed by atoms with Gasteiger partial charge in [0, 0.05) is 11.8 Å². The minimum Gasteiger partial charge on any atom is -0.295 e. The molecule has 0 heterocycles. The van der Waals surface area contributed by atoms with Crippen molar-refractivity contribution in [1.29, 1.82) is 0 Å². The van der Waals surface area contributed by atoms with E-state index in [0.29, 0.717) is 0 Å². The Morgan fingerprint density at radius 2 is 1.44 bits per heavy atom. The van der Waals surface area contributed by atoms with E-state index in [1.165, 1.54) is 0 Å². The maximum Gasteiger partial charge on any atom is 0.268 e. The van der Waals surface area contributed by atoms with Gasteiger partial charge in [0.2, 0.25) is 11.6 Å². The van der Waals surface area contributed by atoms with Crippen LogP contribution < -0.4 is 0 Å². The zero-order valence-electron chi connectivity index (χ0n) is 9.52. The summed E-state index contributed by atoms with van der Waals surface area (Å²) in [7, 11) is 0. The van der Waals surface area contributed by atoms with E-state index in [4.69, 9.17) is 0 Å². The molecular weight excluding hydrogens is 208 g/mol. The number of carbonyl (C=O) groups excluding carboxylic acids is 4. The van der Waals surface area contributed by atoms with E-state index in [9.17, 15) is 19.2 Å². The first-order valence-electron chi connectivity index (χ1n) is 5.20. The number of carbonyl (C=O) groups is 4. The Kier molecular flexibility index (Phi) is 3.52. The van der Waals surface area contributed by atoms with Crippen LogP contribution >= 0.6 is 0 Å². The molecule has 86 valence electrons. The minimum atomic E-state index is -1.03. The molecule has 0 aliphatic heterocycles. The van der Waals surface area contributed by atoms with Gasteiger partial charge in [0.05, 0.1) is 0 Å². The first-order valence-corrected chi connectivity index (χ1v) is 5.20. The lowest BCUT2D eigenvalue weighted by molar-refractivity contribution is -0.144. The molecule has 3 unspecified atom stereocenters. The van der Waals surface area contributed by atoms with Crippen LogP contribution in [0.25, 0.3) is 0 Å². The highest BCUT2D eigenvalue weighted by Gasteiger charge is 2.34. The third kappa shape index (κ3) is 2.15. The van der Waals surface area contributed by atoms with Crippen LogP contribution in [0.5, 0.6) is 0 Å². The van der Waals surface area contributed by atoms with Crippen LogP contribution in [0, 0.1) is 17.8 Å². The fourth-order valence-corrected chi connectivity index (χ4v) is 1.64. The summed E-state index contributed by atoms with van der Waals surface area (Å²) in [6.07, 6.45) is 1.98. The highest BCUT2D eigenvalue weighted by Crippen LogP contribution is 2.24. The summed E-state index contributed by atoms with van der Waals surface area (Å²) in [6.45, 7) is 5.01. The van der Waals surface area contributed by atoms with Gasteiger partial charge < -0.3 is 0 Å². The Morgan fingerprint density at radius 1 is 0.875 bits per heavy atom. The lowest BCUT2D eigenvalue weighted by Crippen LogP contribution is -2.33. The summed E-state index contributed by atoms with van der Waals surface area (Å²) in [6, 6.07) is 0. The molecule has 0 N–H and O–H groups in total. The van der Waals surface area contributed by atoms with Gasteiger partial charge in [-0.3, -0.25) is 19.2 Å². The maximum atomic E-state index is 11.6. The number of hydrogen-bond donors (Lipinski definition) is 0. The number of ketones is 4. The van der Waals surface area contributed by atoms with Gasteiger partial charge in [0.15, 0.2) is 5.78 Å². The second-order valence-corrected chi connectivity index (χ2v) is 4.23. The highest BCUT2D eigenvalue weighted by molar-refractivity contribution is 6.66. The van der Waals surface area contributed by atoms with Crippen LogP contribution in [0.2, 0.25) is 0 Å². The minimum absolute atomic E-state index is 0.227. The van der Waals surface area contributed by atoms with E-state index in [-0.39, 0.29) is 17.6 Å². The molecule has 3 atom stereocenters. The van der Waals surface area contributed by atoms with Gasteiger partial charge in [-0.25, -0.2) is 0 Å². The second-order valence-electron chi connectivity index (χ2n) is 4.23. The topological polar surface area (TPSA) is 68.3 Å².